The molecule has 3 aliphatic heterocycles. The fraction of sp³-hybridized carbons (Fsp3) is 0.957. The van der Waals surface area contributed by atoms with Crippen molar-refractivity contribution in [2.45, 2.75) is 394 Å². The Morgan fingerprint density at radius 2 is 0.705 bits per heavy atom. The lowest BCUT2D eigenvalue weighted by Crippen LogP contribution is -2.66. The normalized spacial score (nSPS) is 28.4. The van der Waals surface area contributed by atoms with Crippen molar-refractivity contribution in [3.63, 3.8) is 0 Å². The van der Waals surface area contributed by atoms with E-state index in [1.54, 1.807) is 6.08 Å². The van der Waals surface area contributed by atoms with Crippen molar-refractivity contribution >= 4 is 5.91 Å². The minimum absolute atomic E-state index is 0.248. The molecule has 3 rings (SSSR count). The maximum atomic E-state index is 13.3. The number of aliphatic hydroxyl groups is 11. The zero-order valence-corrected chi connectivity index (χ0v) is 55.0. The summed E-state index contributed by atoms with van der Waals surface area (Å²) in [7, 11) is 0. The van der Waals surface area contributed by atoms with Crippen molar-refractivity contribution < 1.29 is 89.4 Å². The van der Waals surface area contributed by atoms with Crippen LogP contribution in [0.1, 0.15) is 290 Å². The highest BCUT2D eigenvalue weighted by Gasteiger charge is 2.53. The quantitative estimate of drug-likeness (QED) is 0.0199. The molecule has 520 valence electrons. The molecular weight excluding hydrogens is 1130 g/mol. The average Bonchev–Trinajstić information content (AvgIpc) is 2.50. The zero-order chi connectivity index (χ0) is 64.0. The Balaban J connectivity index is 1.25. The van der Waals surface area contributed by atoms with Gasteiger partial charge < -0.3 is 89.9 Å². The molecule has 17 atom stereocenters. The number of unbranched alkanes of at least 4 members (excludes halogenated alkanes) is 40. The molecular formula is C69H131NO18. The molecule has 12 N–H and O–H groups in total. The van der Waals surface area contributed by atoms with Gasteiger partial charge in [0.1, 0.15) is 73.2 Å². The first-order chi connectivity index (χ1) is 42.8. The standard InChI is InChI=1S/C69H131NO18/c1-3-5-7-9-11-12-13-14-15-16-17-18-19-20-21-22-23-24-25-26-27-28-29-30-31-32-33-34-35-36-37-38-39-41-43-45-47-57(75)70-52(53(74)46-44-42-40-10-8-6-4-2)51-83-67-63(81)60(78)65(55(49-72)85-67)88-69-64(82)61(79)66(56(50-73)86-69)87-68-62(80)59(77)58(76)54(48-71)84-68/h44,46,52-56,58-69,71-74,76-82H,3-43,45,47-51H2,1-2H3,(H,70,75)/b46-44+. The number of amides is 1. The third-order valence-electron chi connectivity index (χ3n) is 18.3. The second-order valence-corrected chi connectivity index (χ2v) is 26.1. The Bertz CT molecular complexity index is 1650. The van der Waals surface area contributed by atoms with Gasteiger partial charge >= 0.3 is 0 Å². The van der Waals surface area contributed by atoms with E-state index in [0.717, 1.165) is 57.8 Å². The van der Waals surface area contributed by atoms with Crippen LogP contribution < -0.4 is 5.32 Å². The maximum Gasteiger partial charge on any atom is 0.220 e. The molecule has 0 aromatic heterocycles. The first-order valence-corrected chi connectivity index (χ1v) is 35.9. The minimum atomic E-state index is -1.97. The number of allylic oxidation sites excluding steroid dienone is 1. The van der Waals surface area contributed by atoms with Crippen LogP contribution in [-0.4, -0.2) is 193 Å². The van der Waals surface area contributed by atoms with E-state index < -0.39 is 124 Å². The van der Waals surface area contributed by atoms with Gasteiger partial charge in [-0.15, -0.1) is 0 Å². The third-order valence-corrected chi connectivity index (χ3v) is 18.3. The zero-order valence-electron chi connectivity index (χ0n) is 55.0. The lowest BCUT2D eigenvalue weighted by molar-refractivity contribution is -0.379. The monoisotopic (exact) mass is 1260 g/mol. The summed E-state index contributed by atoms with van der Waals surface area (Å²) >= 11 is 0. The number of hydrogen-bond acceptors (Lipinski definition) is 18. The molecule has 3 aliphatic rings. The lowest BCUT2D eigenvalue weighted by Gasteiger charge is -2.48. The Morgan fingerprint density at radius 1 is 0.398 bits per heavy atom. The van der Waals surface area contributed by atoms with E-state index in [9.17, 15) is 61.0 Å². The summed E-state index contributed by atoms with van der Waals surface area (Å²) in [5.41, 5.74) is 0. The Labute approximate surface area is 531 Å². The highest BCUT2D eigenvalue weighted by atomic mass is 16.8. The van der Waals surface area contributed by atoms with Crippen molar-refractivity contribution in [2.75, 3.05) is 26.4 Å². The van der Waals surface area contributed by atoms with E-state index in [2.05, 4.69) is 19.2 Å². The molecule has 88 heavy (non-hydrogen) atoms. The number of carbonyl (C=O) groups is 1. The van der Waals surface area contributed by atoms with Crippen LogP contribution >= 0.6 is 0 Å². The van der Waals surface area contributed by atoms with Gasteiger partial charge in [-0.1, -0.05) is 276 Å². The molecule has 0 bridgehead atoms. The molecule has 17 unspecified atom stereocenters. The van der Waals surface area contributed by atoms with Crippen LogP contribution in [0, 0.1) is 0 Å². The number of ether oxygens (including phenoxy) is 6. The SMILES string of the molecule is CCCCCCC/C=C/C(O)C(COC1OC(CO)C(OC2OC(CO)C(OC3OC(CO)C(O)C(O)C3O)C(O)C2O)C(O)C1O)NC(=O)CCCCCCCCCCCCCCCCCCCCCCCCCCCCCCCCCCCCCC. The predicted molar refractivity (Wildman–Crippen MR) is 342 cm³/mol. The van der Waals surface area contributed by atoms with Crippen LogP contribution in [0.25, 0.3) is 0 Å². The van der Waals surface area contributed by atoms with Crippen LogP contribution in [0.4, 0.5) is 0 Å². The number of carbonyl (C=O) groups excluding carboxylic acids is 1. The second-order valence-electron chi connectivity index (χ2n) is 26.1. The largest absolute Gasteiger partial charge is 0.394 e. The topological polar surface area (TPSA) is 307 Å². The summed E-state index contributed by atoms with van der Waals surface area (Å²) < 4.78 is 34.2. The molecule has 0 radical (unpaired) electrons. The molecule has 0 saturated carbocycles. The van der Waals surface area contributed by atoms with Crippen molar-refractivity contribution in [1.29, 1.82) is 0 Å². The van der Waals surface area contributed by atoms with Crippen LogP contribution in [0.15, 0.2) is 12.2 Å². The third kappa shape index (κ3) is 33.6. The highest BCUT2D eigenvalue weighted by Crippen LogP contribution is 2.33. The Morgan fingerprint density at radius 3 is 1.07 bits per heavy atom. The summed E-state index contributed by atoms with van der Waals surface area (Å²) in [6.07, 6.45) is 31.5. The first-order valence-electron chi connectivity index (χ1n) is 35.9. The van der Waals surface area contributed by atoms with E-state index in [-0.39, 0.29) is 18.9 Å². The van der Waals surface area contributed by atoms with Crippen molar-refractivity contribution in [2.24, 2.45) is 0 Å². The van der Waals surface area contributed by atoms with Gasteiger partial charge in [-0.25, -0.2) is 0 Å². The number of rotatable bonds is 56. The van der Waals surface area contributed by atoms with E-state index in [4.69, 9.17) is 28.4 Å². The van der Waals surface area contributed by atoms with Crippen LogP contribution in [0.5, 0.6) is 0 Å². The first kappa shape index (κ1) is 80.8. The summed E-state index contributed by atoms with van der Waals surface area (Å²) in [5, 5.41) is 120. The van der Waals surface area contributed by atoms with E-state index in [0.29, 0.717) is 6.42 Å². The van der Waals surface area contributed by atoms with E-state index in [1.807, 2.05) is 6.08 Å². The van der Waals surface area contributed by atoms with Crippen molar-refractivity contribution in [3.05, 3.63) is 12.2 Å². The van der Waals surface area contributed by atoms with E-state index >= 15 is 0 Å². The number of aliphatic hydroxyl groups excluding tert-OH is 11. The molecule has 3 heterocycles. The molecule has 3 saturated heterocycles. The lowest BCUT2D eigenvalue weighted by atomic mass is 9.96. The van der Waals surface area contributed by atoms with Crippen LogP contribution in [-0.2, 0) is 33.2 Å². The van der Waals surface area contributed by atoms with Crippen molar-refractivity contribution in [1.82, 2.24) is 5.32 Å². The van der Waals surface area contributed by atoms with Gasteiger partial charge in [-0.3, -0.25) is 4.79 Å². The number of nitrogens with one attached hydrogen (secondary N) is 1. The molecule has 0 aromatic carbocycles. The van der Waals surface area contributed by atoms with Crippen molar-refractivity contribution in [3.8, 4) is 0 Å². The molecule has 1 amide bonds. The molecule has 0 aromatic rings. The molecule has 19 nitrogen and oxygen atoms in total. The van der Waals surface area contributed by atoms with Gasteiger partial charge in [0.25, 0.3) is 0 Å². The average molecular weight is 1260 g/mol. The Hall–Kier alpha value is -1.47. The molecule has 3 fully saturated rings. The Kier molecular flexibility index (Phi) is 47.6. The van der Waals surface area contributed by atoms with E-state index in [1.165, 1.54) is 205 Å². The summed E-state index contributed by atoms with van der Waals surface area (Å²) in [6.45, 7) is 1.68. The van der Waals surface area contributed by atoms with Gasteiger partial charge in [-0.05, 0) is 19.3 Å². The van der Waals surface area contributed by atoms with Gasteiger partial charge in [0, 0.05) is 6.42 Å². The summed E-state index contributed by atoms with van der Waals surface area (Å²) in [6, 6.07) is -0.966. The van der Waals surface area contributed by atoms with Gasteiger partial charge in [0.15, 0.2) is 18.9 Å². The fourth-order valence-corrected chi connectivity index (χ4v) is 12.5. The van der Waals surface area contributed by atoms with Crippen LogP contribution in [0.3, 0.4) is 0 Å². The predicted octanol–water partition coefficient (Wildman–Crippen LogP) is 9.67. The smallest absolute Gasteiger partial charge is 0.220 e. The molecule has 0 aliphatic carbocycles. The molecule has 19 heteroatoms. The van der Waals surface area contributed by atoms with Crippen LogP contribution in [0.2, 0.25) is 0 Å². The van der Waals surface area contributed by atoms with Gasteiger partial charge in [-0.2, -0.15) is 0 Å². The number of hydrogen-bond donors (Lipinski definition) is 12. The molecule has 0 spiro atoms. The summed E-state index contributed by atoms with van der Waals surface area (Å²) in [5.74, 6) is -0.274. The fourth-order valence-electron chi connectivity index (χ4n) is 12.5. The minimum Gasteiger partial charge on any atom is -0.394 e. The highest BCUT2D eigenvalue weighted by molar-refractivity contribution is 5.76. The summed E-state index contributed by atoms with van der Waals surface area (Å²) in [4.78, 5) is 13.3. The van der Waals surface area contributed by atoms with Gasteiger partial charge in [0.05, 0.1) is 38.6 Å². The second kappa shape index (κ2) is 51.9. The van der Waals surface area contributed by atoms with Gasteiger partial charge in [0.2, 0.25) is 5.91 Å². The maximum absolute atomic E-state index is 13.3.